The van der Waals surface area contributed by atoms with Crippen molar-refractivity contribution in [2.75, 3.05) is 13.1 Å². The number of aromatic nitrogens is 5. The van der Waals surface area contributed by atoms with E-state index in [1.807, 2.05) is 34.5 Å². The Labute approximate surface area is 163 Å². The molecule has 3 aromatic rings. The quantitative estimate of drug-likeness (QED) is 0.654. The molecule has 0 spiro atoms. The summed E-state index contributed by atoms with van der Waals surface area (Å²) in [7, 11) is 0. The minimum absolute atomic E-state index is 0.533. The summed E-state index contributed by atoms with van der Waals surface area (Å²) in [6, 6.07) is 7.07. The first-order valence-electron chi connectivity index (χ1n) is 9.95. The molecular formula is C20H26N6S. The Morgan fingerprint density at radius 1 is 1.07 bits per heavy atom. The first-order chi connectivity index (χ1) is 13.3. The molecule has 142 valence electrons. The molecule has 6 nitrogen and oxygen atoms in total. The van der Waals surface area contributed by atoms with E-state index in [-0.39, 0.29) is 0 Å². The fourth-order valence-corrected chi connectivity index (χ4v) is 5.07. The maximum Gasteiger partial charge on any atom is 0.155 e. The highest BCUT2D eigenvalue weighted by molar-refractivity contribution is 7.11. The number of thiophene rings is 1. The van der Waals surface area contributed by atoms with Gasteiger partial charge in [-0.2, -0.15) is 5.10 Å². The first kappa shape index (κ1) is 17.1. The Morgan fingerprint density at radius 3 is 2.59 bits per heavy atom. The summed E-state index contributed by atoms with van der Waals surface area (Å²) in [5.41, 5.74) is 0. The van der Waals surface area contributed by atoms with Crippen LogP contribution in [0.15, 0.2) is 30.6 Å². The van der Waals surface area contributed by atoms with Crippen molar-refractivity contribution in [2.45, 2.75) is 57.7 Å². The Kier molecular flexibility index (Phi) is 4.57. The van der Waals surface area contributed by atoms with Crippen LogP contribution in [0.25, 0.3) is 0 Å². The second-order valence-corrected chi connectivity index (χ2v) is 9.21. The average molecular weight is 383 g/mol. The summed E-state index contributed by atoms with van der Waals surface area (Å²) in [5.74, 6) is 2.81. The second-order valence-electron chi connectivity index (χ2n) is 7.84. The van der Waals surface area contributed by atoms with E-state index in [2.05, 4.69) is 43.8 Å². The lowest BCUT2D eigenvalue weighted by atomic mass is 9.95. The summed E-state index contributed by atoms with van der Waals surface area (Å²) < 4.78 is 4.38. The molecule has 0 amide bonds. The Morgan fingerprint density at radius 2 is 1.93 bits per heavy atom. The summed E-state index contributed by atoms with van der Waals surface area (Å²) in [6.45, 7) is 6.28. The number of nitrogens with zero attached hydrogens (tertiary/aromatic N) is 6. The van der Waals surface area contributed by atoms with Gasteiger partial charge in [0.1, 0.15) is 12.4 Å². The van der Waals surface area contributed by atoms with Gasteiger partial charge in [-0.15, -0.1) is 21.5 Å². The molecule has 2 aliphatic rings. The van der Waals surface area contributed by atoms with Crippen molar-refractivity contribution in [1.82, 2.24) is 29.4 Å². The molecule has 3 aromatic heterocycles. The molecule has 0 bridgehead atoms. The topological polar surface area (TPSA) is 51.8 Å². The van der Waals surface area contributed by atoms with E-state index in [9.17, 15) is 0 Å². The van der Waals surface area contributed by atoms with Crippen LogP contribution in [0.5, 0.6) is 0 Å². The van der Waals surface area contributed by atoms with Gasteiger partial charge in [-0.25, -0.2) is 0 Å². The molecule has 1 saturated carbocycles. The van der Waals surface area contributed by atoms with Gasteiger partial charge in [0.05, 0.1) is 0 Å². The van der Waals surface area contributed by atoms with Crippen molar-refractivity contribution < 1.29 is 0 Å². The molecule has 0 unspecified atom stereocenters. The fourth-order valence-electron chi connectivity index (χ4n) is 4.13. The molecule has 1 aliphatic carbocycles. The molecule has 0 aromatic carbocycles. The van der Waals surface area contributed by atoms with Gasteiger partial charge in [-0.3, -0.25) is 9.58 Å². The molecule has 27 heavy (non-hydrogen) atoms. The Hall–Kier alpha value is -1.99. The third-order valence-corrected chi connectivity index (χ3v) is 6.68. The van der Waals surface area contributed by atoms with E-state index in [0.717, 1.165) is 25.5 Å². The molecule has 0 N–H and O–H groups in total. The zero-order chi connectivity index (χ0) is 18.2. The lowest BCUT2D eigenvalue weighted by Crippen LogP contribution is -2.33. The number of likely N-dealkylation sites (tertiary alicyclic amines) is 1. The maximum absolute atomic E-state index is 4.65. The molecule has 1 saturated heterocycles. The highest BCUT2D eigenvalue weighted by Gasteiger charge is 2.33. The van der Waals surface area contributed by atoms with Gasteiger partial charge in [0.15, 0.2) is 5.82 Å². The molecule has 7 heteroatoms. The minimum atomic E-state index is 0.533. The number of aryl methyl sites for hydroxylation is 1. The summed E-state index contributed by atoms with van der Waals surface area (Å²) in [4.78, 5) is 5.47. The van der Waals surface area contributed by atoms with Crippen LogP contribution in [0, 0.1) is 6.92 Å². The third kappa shape index (κ3) is 3.71. The number of hydrogen-bond acceptors (Lipinski definition) is 5. The summed E-state index contributed by atoms with van der Waals surface area (Å²) >= 11 is 1.92. The van der Waals surface area contributed by atoms with Crippen LogP contribution in [-0.2, 0) is 13.1 Å². The van der Waals surface area contributed by atoms with Gasteiger partial charge < -0.3 is 4.57 Å². The highest BCUT2D eigenvalue weighted by Crippen LogP contribution is 2.40. The van der Waals surface area contributed by atoms with Crippen LogP contribution in [0.2, 0.25) is 0 Å². The van der Waals surface area contributed by atoms with Gasteiger partial charge in [0.2, 0.25) is 0 Å². The van der Waals surface area contributed by atoms with Crippen LogP contribution in [-0.4, -0.2) is 42.5 Å². The smallest absolute Gasteiger partial charge is 0.155 e. The Bertz CT molecular complexity index is 884. The standard InChI is InChI=1S/C20H26N6S/c1-15-3-6-18(27-15)13-24-11-7-16(8-12-24)20-23-22-19(26(20)17-4-5-17)14-25-10-2-9-21-25/h2-3,6,9-10,16-17H,4-5,7-8,11-14H2,1H3. The van der Waals surface area contributed by atoms with Crippen molar-refractivity contribution >= 4 is 11.3 Å². The van der Waals surface area contributed by atoms with Crippen LogP contribution in [0.4, 0.5) is 0 Å². The molecular weight excluding hydrogens is 356 g/mol. The summed E-state index contributed by atoms with van der Waals surface area (Å²) in [5, 5.41) is 13.5. The predicted octanol–water partition coefficient (Wildman–Crippen LogP) is 3.61. The largest absolute Gasteiger partial charge is 0.310 e. The average Bonchev–Trinajstić information content (AvgIpc) is 3.05. The lowest BCUT2D eigenvalue weighted by Gasteiger charge is -2.31. The fraction of sp³-hybridized carbons (Fsp3) is 0.550. The zero-order valence-electron chi connectivity index (χ0n) is 15.8. The van der Waals surface area contributed by atoms with E-state index < -0.39 is 0 Å². The van der Waals surface area contributed by atoms with Gasteiger partial charge in [0, 0.05) is 40.7 Å². The number of piperidine rings is 1. The molecule has 0 atom stereocenters. The second kappa shape index (κ2) is 7.20. The van der Waals surface area contributed by atoms with Crippen LogP contribution < -0.4 is 0 Å². The van der Waals surface area contributed by atoms with Crippen LogP contribution >= 0.6 is 11.3 Å². The molecule has 1 aliphatic heterocycles. The number of rotatable bonds is 6. The van der Waals surface area contributed by atoms with Crippen molar-refractivity contribution in [2.24, 2.45) is 0 Å². The van der Waals surface area contributed by atoms with E-state index in [1.165, 1.54) is 41.3 Å². The van der Waals surface area contributed by atoms with Gasteiger partial charge in [0.25, 0.3) is 0 Å². The maximum atomic E-state index is 4.65. The van der Waals surface area contributed by atoms with Crippen LogP contribution in [0.1, 0.15) is 59.0 Å². The number of hydrogen-bond donors (Lipinski definition) is 0. The normalized spacial score (nSPS) is 19.0. The lowest BCUT2D eigenvalue weighted by molar-refractivity contribution is 0.201. The van der Waals surface area contributed by atoms with E-state index in [0.29, 0.717) is 18.5 Å². The van der Waals surface area contributed by atoms with Crippen molar-refractivity contribution in [3.63, 3.8) is 0 Å². The van der Waals surface area contributed by atoms with Gasteiger partial charge >= 0.3 is 0 Å². The van der Waals surface area contributed by atoms with E-state index in [4.69, 9.17) is 0 Å². The van der Waals surface area contributed by atoms with Crippen LogP contribution in [0.3, 0.4) is 0 Å². The van der Waals surface area contributed by atoms with Gasteiger partial charge in [-0.05, 0) is 63.9 Å². The zero-order valence-corrected chi connectivity index (χ0v) is 16.6. The Balaban J connectivity index is 1.27. The first-order valence-corrected chi connectivity index (χ1v) is 10.8. The van der Waals surface area contributed by atoms with Gasteiger partial charge in [-0.1, -0.05) is 0 Å². The monoisotopic (exact) mass is 382 g/mol. The SMILES string of the molecule is Cc1ccc(CN2CCC(c3nnc(Cn4cccn4)n3C3CC3)CC2)s1. The minimum Gasteiger partial charge on any atom is -0.310 e. The molecule has 0 radical (unpaired) electrons. The molecule has 4 heterocycles. The summed E-state index contributed by atoms with van der Waals surface area (Å²) in [6.07, 6.45) is 8.69. The van der Waals surface area contributed by atoms with Crippen molar-refractivity contribution in [1.29, 1.82) is 0 Å². The molecule has 2 fully saturated rings. The highest BCUT2D eigenvalue weighted by atomic mass is 32.1. The van der Waals surface area contributed by atoms with Crippen molar-refractivity contribution in [3.8, 4) is 0 Å². The van der Waals surface area contributed by atoms with E-state index >= 15 is 0 Å². The predicted molar refractivity (Wildman–Crippen MR) is 106 cm³/mol. The van der Waals surface area contributed by atoms with E-state index in [1.54, 1.807) is 0 Å². The molecule has 5 rings (SSSR count). The third-order valence-electron chi connectivity index (χ3n) is 5.70. The van der Waals surface area contributed by atoms with Crippen molar-refractivity contribution in [3.05, 3.63) is 52.0 Å².